The van der Waals surface area contributed by atoms with Gasteiger partial charge in [-0.05, 0) is 26.8 Å². The molecular formula is C22H24F4N8O2. The van der Waals surface area contributed by atoms with Gasteiger partial charge in [-0.2, -0.15) is 18.3 Å². The summed E-state index contributed by atoms with van der Waals surface area (Å²) in [5, 5.41) is 7.16. The number of hydrogen-bond acceptors (Lipinski definition) is 8. The van der Waals surface area contributed by atoms with Crippen LogP contribution in [-0.2, 0) is 18.0 Å². The number of morpholine rings is 1. The van der Waals surface area contributed by atoms with Crippen molar-refractivity contribution in [2.45, 2.75) is 45.2 Å². The topological polar surface area (TPSA) is 111 Å². The number of hydrogen-bond donors (Lipinski definition) is 1. The van der Waals surface area contributed by atoms with Gasteiger partial charge in [0.15, 0.2) is 17.3 Å². The Balaban J connectivity index is 1.64. The van der Waals surface area contributed by atoms with E-state index < -0.39 is 35.7 Å². The molecule has 14 heteroatoms. The monoisotopic (exact) mass is 508 g/mol. The largest absolute Gasteiger partial charge is 0.433 e. The molecule has 1 N–H and O–H groups in total. The predicted molar refractivity (Wildman–Crippen MR) is 119 cm³/mol. The minimum absolute atomic E-state index is 0.0230. The van der Waals surface area contributed by atoms with Gasteiger partial charge >= 0.3 is 6.18 Å². The fraction of sp³-hybridized carbons (Fsp3) is 0.455. The number of aromatic nitrogens is 6. The molecule has 0 aromatic carbocycles. The highest BCUT2D eigenvalue weighted by Crippen LogP contribution is 2.29. The highest BCUT2D eigenvalue weighted by molar-refractivity contribution is 5.99. The lowest BCUT2D eigenvalue weighted by Gasteiger charge is -2.42. The lowest BCUT2D eigenvalue weighted by molar-refractivity contribution is -0.141. The number of nitrogens with zero attached hydrogens (tertiary/aromatic N) is 7. The van der Waals surface area contributed by atoms with E-state index in [0.717, 1.165) is 24.7 Å². The van der Waals surface area contributed by atoms with Crippen molar-refractivity contribution in [1.29, 1.82) is 0 Å². The van der Waals surface area contributed by atoms with Crippen molar-refractivity contribution in [3.63, 3.8) is 0 Å². The van der Waals surface area contributed by atoms with Crippen LogP contribution in [-0.4, -0.2) is 71.9 Å². The fourth-order valence-electron chi connectivity index (χ4n) is 4.08. The Hall–Kier alpha value is -3.68. The van der Waals surface area contributed by atoms with Crippen molar-refractivity contribution in [1.82, 2.24) is 34.6 Å². The number of rotatable bonds is 5. The van der Waals surface area contributed by atoms with Gasteiger partial charge in [-0.15, -0.1) is 0 Å². The van der Waals surface area contributed by atoms with Crippen LogP contribution in [0.5, 0.6) is 0 Å². The molecule has 3 aromatic heterocycles. The Kier molecular flexibility index (Phi) is 6.89. The maximum absolute atomic E-state index is 13.8. The molecule has 0 bridgehead atoms. The molecule has 1 fully saturated rings. The summed E-state index contributed by atoms with van der Waals surface area (Å²) in [6.45, 7) is 5.54. The normalized spacial score (nSPS) is 20.4. The number of carbonyl (C=O) groups is 1. The second-order valence-corrected chi connectivity index (χ2v) is 8.48. The highest BCUT2D eigenvalue weighted by atomic mass is 19.4. The Morgan fingerprint density at radius 3 is 2.58 bits per heavy atom. The zero-order valence-corrected chi connectivity index (χ0v) is 19.9. The van der Waals surface area contributed by atoms with Crippen LogP contribution in [0, 0.1) is 12.7 Å². The van der Waals surface area contributed by atoms with E-state index in [1.807, 2.05) is 6.92 Å². The summed E-state index contributed by atoms with van der Waals surface area (Å²) in [7, 11) is 1.66. The third-order valence-corrected chi connectivity index (χ3v) is 5.90. The Bertz CT molecular complexity index is 1250. The molecule has 4 heterocycles. The second-order valence-electron chi connectivity index (χ2n) is 8.48. The lowest BCUT2D eigenvalue weighted by atomic mass is 10.0. The van der Waals surface area contributed by atoms with Crippen LogP contribution in [0.1, 0.15) is 35.7 Å². The molecule has 36 heavy (non-hydrogen) atoms. The molecule has 0 saturated carbocycles. The first-order chi connectivity index (χ1) is 17.0. The Labute approximate surface area is 203 Å². The summed E-state index contributed by atoms with van der Waals surface area (Å²) in [5.41, 5.74) is -0.0424. The standard InChI is InChI=1S/C22H24F4N8O2/c1-11-10-34(15(13(3)36-11)9-30-21-27-6-5-16(31-21)22(24,25)26)20(35)18-17(12(2)33(4)32-18)19-28-7-14(23)8-29-19/h5-8,11,13,15H,9-10H2,1-4H3,(H,27,30,31)/t11-,13+,15-/m1/s1. The average Bonchev–Trinajstić information content (AvgIpc) is 3.12. The average molecular weight is 508 g/mol. The molecule has 0 spiro atoms. The van der Waals surface area contributed by atoms with Crippen LogP contribution in [0.3, 0.4) is 0 Å². The van der Waals surface area contributed by atoms with Gasteiger partial charge in [0.1, 0.15) is 5.69 Å². The molecule has 1 aliphatic rings. The third-order valence-electron chi connectivity index (χ3n) is 5.90. The number of halogens is 4. The van der Waals surface area contributed by atoms with Gasteiger partial charge in [0.05, 0.1) is 36.2 Å². The first kappa shape index (κ1) is 25.4. The zero-order chi connectivity index (χ0) is 26.2. The number of aryl methyl sites for hydroxylation is 1. The summed E-state index contributed by atoms with van der Waals surface area (Å²) in [6, 6.07) is 0.188. The number of nitrogens with one attached hydrogen (secondary N) is 1. The highest BCUT2D eigenvalue weighted by Gasteiger charge is 2.39. The molecule has 1 amide bonds. The zero-order valence-electron chi connectivity index (χ0n) is 19.9. The molecule has 192 valence electrons. The van der Waals surface area contributed by atoms with Gasteiger partial charge in [0.25, 0.3) is 5.91 Å². The summed E-state index contributed by atoms with van der Waals surface area (Å²) in [4.78, 5) is 30.7. The SMILES string of the molecule is Cc1c(-c2ncc(F)cn2)c(C(=O)N2C[C@@H](C)O[C@@H](C)[C@H]2CNc2nccc(C(F)(F)F)n2)nn1C. The van der Waals surface area contributed by atoms with Crippen molar-refractivity contribution < 1.29 is 27.1 Å². The molecule has 4 rings (SSSR count). The van der Waals surface area contributed by atoms with Crippen molar-refractivity contribution in [2.75, 3.05) is 18.4 Å². The predicted octanol–water partition coefficient (Wildman–Crippen LogP) is 2.86. The van der Waals surface area contributed by atoms with Crippen molar-refractivity contribution in [3.05, 3.63) is 47.6 Å². The number of ether oxygens (including phenoxy) is 1. The van der Waals surface area contributed by atoms with Crippen LogP contribution in [0.4, 0.5) is 23.5 Å². The molecule has 1 aliphatic heterocycles. The molecule has 0 aliphatic carbocycles. The summed E-state index contributed by atoms with van der Waals surface area (Å²) >= 11 is 0. The third kappa shape index (κ3) is 5.12. The maximum atomic E-state index is 13.8. The van der Waals surface area contributed by atoms with Gasteiger partial charge in [-0.3, -0.25) is 9.48 Å². The quantitative estimate of drug-likeness (QED) is 0.524. The number of amides is 1. The molecular weight excluding hydrogens is 484 g/mol. The number of anilines is 1. The Morgan fingerprint density at radius 2 is 1.92 bits per heavy atom. The summed E-state index contributed by atoms with van der Waals surface area (Å²) in [6.07, 6.45) is -2.37. The first-order valence-electron chi connectivity index (χ1n) is 11.1. The van der Waals surface area contributed by atoms with Gasteiger partial charge in [-0.1, -0.05) is 0 Å². The summed E-state index contributed by atoms with van der Waals surface area (Å²) in [5.74, 6) is -1.14. The summed E-state index contributed by atoms with van der Waals surface area (Å²) < 4.78 is 59.9. The molecule has 1 saturated heterocycles. The van der Waals surface area contributed by atoms with Crippen LogP contribution >= 0.6 is 0 Å². The van der Waals surface area contributed by atoms with Gasteiger partial charge in [-0.25, -0.2) is 24.3 Å². The van der Waals surface area contributed by atoms with E-state index in [1.54, 1.807) is 25.8 Å². The van der Waals surface area contributed by atoms with E-state index in [2.05, 4.69) is 30.4 Å². The number of alkyl halides is 3. The smallest absolute Gasteiger partial charge is 0.372 e. The Morgan fingerprint density at radius 1 is 1.22 bits per heavy atom. The van der Waals surface area contributed by atoms with E-state index in [0.29, 0.717) is 11.3 Å². The van der Waals surface area contributed by atoms with E-state index >= 15 is 0 Å². The van der Waals surface area contributed by atoms with E-state index in [4.69, 9.17) is 4.74 Å². The lowest BCUT2D eigenvalue weighted by Crippen LogP contribution is -2.58. The molecule has 0 radical (unpaired) electrons. The number of carbonyl (C=O) groups excluding carboxylic acids is 1. The van der Waals surface area contributed by atoms with Gasteiger partial charge < -0.3 is 15.0 Å². The van der Waals surface area contributed by atoms with Crippen LogP contribution in [0.15, 0.2) is 24.7 Å². The maximum Gasteiger partial charge on any atom is 0.433 e. The van der Waals surface area contributed by atoms with E-state index in [9.17, 15) is 22.4 Å². The molecule has 0 unspecified atom stereocenters. The van der Waals surface area contributed by atoms with Crippen LogP contribution in [0.2, 0.25) is 0 Å². The van der Waals surface area contributed by atoms with E-state index in [-0.39, 0.29) is 36.7 Å². The van der Waals surface area contributed by atoms with Crippen molar-refractivity contribution in [3.8, 4) is 11.4 Å². The van der Waals surface area contributed by atoms with Crippen LogP contribution in [0.25, 0.3) is 11.4 Å². The molecule has 3 atom stereocenters. The van der Waals surface area contributed by atoms with E-state index in [1.165, 1.54) is 4.68 Å². The second kappa shape index (κ2) is 9.76. The molecule has 3 aromatic rings. The minimum atomic E-state index is -4.62. The van der Waals surface area contributed by atoms with Crippen LogP contribution < -0.4 is 5.32 Å². The molecule has 10 nitrogen and oxygen atoms in total. The van der Waals surface area contributed by atoms with Gasteiger partial charge in [0, 0.05) is 32.0 Å². The first-order valence-corrected chi connectivity index (χ1v) is 11.1. The van der Waals surface area contributed by atoms with Crippen molar-refractivity contribution in [2.24, 2.45) is 7.05 Å². The fourth-order valence-corrected chi connectivity index (χ4v) is 4.08. The van der Waals surface area contributed by atoms with Gasteiger partial charge in [0.2, 0.25) is 5.95 Å². The minimum Gasteiger partial charge on any atom is -0.372 e. The van der Waals surface area contributed by atoms with Crippen molar-refractivity contribution >= 4 is 11.9 Å².